The van der Waals surface area contributed by atoms with Crippen LogP contribution in [-0.4, -0.2) is 23.5 Å². The largest absolute Gasteiger partial charge is 0.487 e. The maximum atomic E-state index is 11.7. The number of pyridine rings is 1. The third kappa shape index (κ3) is 3.36. The molecule has 0 spiro atoms. The summed E-state index contributed by atoms with van der Waals surface area (Å²) >= 11 is 0. The molecule has 0 fully saturated rings. The lowest BCUT2D eigenvalue weighted by atomic mass is 10.0. The first-order valence-corrected chi connectivity index (χ1v) is 8.04. The maximum Gasteiger partial charge on any atom is 0.222 e. The van der Waals surface area contributed by atoms with Crippen molar-refractivity contribution in [1.29, 1.82) is 0 Å². The second-order valence-electron chi connectivity index (χ2n) is 6.36. The van der Waals surface area contributed by atoms with Crippen LogP contribution < -0.4 is 10.1 Å². The number of rotatable bonds is 4. The van der Waals surface area contributed by atoms with Crippen LogP contribution in [0.1, 0.15) is 25.0 Å². The number of hydrogen-bond acceptors (Lipinski definition) is 3. The Morgan fingerprint density at radius 1 is 1.39 bits per heavy atom. The van der Waals surface area contributed by atoms with Crippen molar-refractivity contribution < 1.29 is 9.53 Å². The molecule has 1 atom stereocenters. The molecule has 0 saturated carbocycles. The molecule has 120 valence electrons. The van der Waals surface area contributed by atoms with Crippen LogP contribution in [0.2, 0.25) is 0 Å². The van der Waals surface area contributed by atoms with Gasteiger partial charge in [-0.1, -0.05) is 26.0 Å². The highest BCUT2D eigenvalue weighted by atomic mass is 16.5. The predicted molar refractivity (Wildman–Crippen MR) is 90.4 cm³/mol. The van der Waals surface area contributed by atoms with Gasteiger partial charge in [-0.15, -0.1) is 0 Å². The summed E-state index contributed by atoms with van der Waals surface area (Å²) in [5.41, 5.74) is 4.33. The average molecular weight is 310 g/mol. The molecule has 1 aliphatic heterocycles. The van der Waals surface area contributed by atoms with Crippen molar-refractivity contribution in [3.63, 3.8) is 0 Å². The van der Waals surface area contributed by atoms with Crippen molar-refractivity contribution in [3.8, 4) is 17.0 Å². The minimum atomic E-state index is -0.0167. The molecule has 0 saturated heterocycles. The normalized spacial score (nSPS) is 16.1. The zero-order valence-corrected chi connectivity index (χ0v) is 13.8. The van der Waals surface area contributed by atoms with E-state index in [1.54, 1.807) is 6.20 Å². The van der Waals surface area contributed by atoms with Crippen LogP contribution in [0.5, 0.6) is 5.75 Å². The molecule has 1 aromatic carbocycles. The molecule has 0 bridgehead atoms. The molecule has 1 unspecified atom stereocenters. The fraction of sp³-hybridized carbons (Fsp3) is 0.368. The monoisotopic (exact) mass is 310 g/mol. The van der Waals surface area contributed by atoms with E-state index in [1.807, 2.05) is 32.0 Å². The Balaban J connectivity index is 1.81. The number of carbonyl (C=O) groups excluding carboxylic acids is 1. The fourth-order valence-corrected chi connectivity index (χ4v) is 2.84. The number of ether oxygens (including phenoxy) is 1. The molecule has 1 aromatic heterocycles. The van der Waals surface area contributed by atoms with Crippen LogP contribution in [0.15, 0.2) is 36.5 Å². The Bertz CT molecular complexity index is 711. The zero-order chi connectivity index (χ0) is 16.4. The van der Waals surface area contributed by atoms with Crippen molar-refractivity contribution in [3.05, 3.63) is 47.7 Å². The number of fused-ring (bicyclic) bond motifs is 1. The van der Waals surface area contributed by atoms with Crippen LogP contribution in [-0.2, 0) is 11.2 Å². The minimum Gasteiger partial charge on any atom is -0.487 e. The van der Waals surface area contributed by atoms with E-state index in [1.165, 1.54) is 11.1 Å². The van der Waals surface area contributed by atoms with Crippen LogP contribution in [0.4, 0.5) is 0 Å². The van der Waals surface area contributed by atoms with E-state index in [0.29, 0.717) is 6.54 Å². The second kappa shape index (κ2) is 6.41. The Kier molecular flexibility index (Phi) is 4.33. The molecule has 1 amide bonds. The summed E-state index contributed by atoms with van der Waals surface area (Å²) in [7, 11) is 0. The summed E-state index contributed by atoms with van der Waals surface area (Å²) in [5.74, 6) is 0.953. The highest BCUT2D eigenvalue weighted by Crippen LogP contribution is 2.39. The molecule has 4 heteroatoms. The highest BCUT2D eigenvalue weighted by molar-refractivity contribution is 5.78. The second-order valence-corrected chi connectivity index (χ2v) is 6.36. The number of hydrogen-bond donors (Lipinski definition) is 1. The molecule has 1 N–H and O–H groups in total. The standard InChI is InChI=1S/C19H22N2O2/c1-12(2)19(22)21-11-15-10-14-8-13(3)9-16(18(14)23-15)17-6-4-5-7-20-17/h4-9,12,15H,10-11H2,1-3H3,(H,21,22). The van der Waals surface area contributed by atoms with Gasteiger partial charge in [0.15, 0.2) is 0 Å². The van der Waals surface area contributed by atoms with E-state index >= 15 is 0 Å². The molecule has 4 nitrogen and oxygen atoms in total. The van der Waals surface area contributed by atoms with Gasteiger partial charge in [0.2, 0.25) is 5.91 Å². The lowest BCUT2D eigenvalue weighted by Crippen LogP contribution is -2.36. The Labute approximate surface area is 136 Å². The number of aromatic nitrogens is 1. The number of amides is 1. The van der Waals surface area contributed by atoms with Gasteiger partial charge in [-0.2, -0.15) is 0 Å². The van der Waals surface area contributed by atoms with Gasteiger partial charge in [0.25, 0.3) is 0 Å². The van der Waals surface area contributed by atoms with Gasteiger partial charge in [0.1, 0.15) is 11.9 Å². The summed E-state index contributed by atoms with van der Waals surface area (Å²) in [4.78, 5) is 16.2. The van der Waals surface area contributed by atoms with Gasteiger partial charge >= 0.3 is 0 Å². The molecular formula is C19H22N2O2. The van der Waals surface area contributed by atoms with Gasteiger partial charge in [0.05, 0.1) is 12.2 Å². The SMILES string of the molecule is Cc1cc2c(c(-c3ccccn3)c1)OC(CNC(=O)C(C)C)C2. The third-order valence-electron chi connectivity index (χ3n) is 4.01. The molecule has 3 rings (SSSR count). The molecule has 0 radical (unpaired) electrons. The fourth-order valence-electron chi connectivity index (χ4n) is 2.84. The van der Waals surface area contributed by atoms with Crippen molar-refractivity contribution in [2.24, 2.45) is 5.92 Å². The Morgan fingerprint density at radius 3 is 2.91 bits per heavy atom. The van der Waals surface area contributed by atoms with Gasteiger partial charge in [-0.25, -0.2) is 0 Å². The first kappa shape index (κ1) is 15.5. The molecule has 1 aliphatic rings. The van der Waals surface area contributed by atoms with E-state index in [-0.39, 0.29) is 17.9 Å². The van der Waals surface area contributed by atoms with Gasteiger partial charge in [-0.05, 0) is 36.2 Å². The molecule has 23 heavy (non-hydrogen) atoms. The van der Waals surface area contributed by atoms with E-state index in [4.69, 9.17) is 4.74 Å². The van der Waals surface area contributed by atoms with Gasteiger partial charge < -0.3 is 10.1 Å². The first-order valence-electron chi connectivity index (χ1n) is 8.04. The maximum absolute atomic E-state index is 11.7. The zero-order valence-electron chi connectivity index (χ0n) is 13.8. The summed E-state index contributed by atoms with van der Waals surface area (Å²) in [6.07, 6.45) is 2.59. The van der Waals surface area contributed by atoms with Crippen molar-refractivity contribution >= 4 is 5.91 Å². The number of nitrogens with one attached hydrogen (secondary N) is 1. The predicted octanol–water partition coefficient (Wildman–Crippen LogP) is 3.13. The summed E-state index contributed by atoms with van der Waals surface area (Å²) in [5, 5.41) is 2.95. The summed E-state index contributed by atoms with van der Waals surface area (Å²) < 4.78 is 6.12. The van der Waals surface area contributed by atoms with E-state index in [2.05, 4.69) is 29.4 Å². The quantitative estimate of drug-likeness (QED) is 0.944. The number of aryl methyl sites for hydroxylation is 1. The van der Waals surface area contributed by atoms with Gasteiger partial charge in [-0.3, -0.25) is 9.78 Å². The Hall–Kier alpha value is -2.36. The van der Waals surface area contributed by atoms with E-state index < -0.39 is 0 Å². The number of carbonyl (C=O) groups is 1. The average Bonchev–Trinajstić information content (AvgIpc) is 2.95. The lowest BCUT2D eigenvalue weighted by Gasteiger charge is -2.14. The molecule has 0 aliphatic carbocycles. The van der Waals surface area contributed by atoms with E-state index in [0.717, 1.165) is 23.4 Å². The number of benzene rings is 1. The first-order chi connectivity index (χ1) is 11.0. The topological polar surface area (TPSA) is 51.2 Å². The molecule has 2 aromatic rings. The number of nitrogens with zero attached hydrogens (tertiary/aromatic N) is 1. The van der Waals surface area contributed by atoms with Crippen LogP contribution in [0.25, 0.3) is 11.3 Å². The third-order valence-corrected chi connectivity index (χ3v) is 4.01. The molecular weight excluding hydrogens is 288 g/mol. The smallest absolute Gasteiger partial charge is 0.222 e. The summed E-state index contributed by atoms with van der Waals surface area (Å²) in [6.45, 7) is 6.40. The van der Waals surface area contributed by atoms with E-state index in [9.17, 15) is 4.79 Å². The minimum absolute atomic E-state index is 0.00916. The van der Waals surface area contributed by atoms with Crippen molar-refractivity contribution in [1.82, 2.24) is 10.3 Å². The van der Waals surface area contributed by atoms with Crippen LogP contribution >= 0.6 is 0 Å². The van der Waals surface area contributed by atoms with Crippen LogP contribution in [0, 0.1) is 12.8 Å². The lowest BCUT2D eigenvalue weighted by molar-refractivity contribution is -0.124. The highest BCUT2D eigenvalue weighted by Gasteiger charge is 2.27. The van der Waals surface area contributed by atoms with Crippen molar-refractivity contribution in [2.75, 3.05) is 6.54 Å². The summed E-state index contributed by atoms with van der Waals surface area (Å²) in [6, 6.07) is 10.1. The van der Waals surface area contributed by atoms with Gasteiger partial charge in [0, 0.05) is 24.1 Å². The Morgan fingerprint density at radius 2 is 2.22 bits per heavy atom. The van der Waals surface area contributed by atoms with Crippen LogP contribution in [0.3, 0.4) is 0 Å². The van der Waals surface area contributed by atoms with Crippen molar-refractivity contribution in [2.45, 2.75) is 33.3 Å². The molecule has 2 heterocycles.